The highest BCUT2D eigenvalue weighted by atomic mass is 79.9. The number of carbonyl (C=O) groups excluding carboxylic acids is 1. The van der Waals surface area contributed by atoms with Gasteiger partial charge in [-0.15, -0.1) is 0 Å². The van der Waals surface area contributed by atoms with Gasteiger partial charge in [-0.05, 0) is 52.9 Å². The third-order valence-electron chi connectivity index (χ3n) is 2.39. The summed E-state index contributed by atoms with van der Waals surface area (Å²) in [5, 5.41) is 0. The second-order valence-corrected chi connectivity index (χ2v) is 4.62. The number of hydrogen-bond donors (Lipinski definition) is 1. The normalized spacial score (nSPS) is 15.0. The predicted molar refractivity (Wildman–Crippen MR) is 60.9 cm³/mol. The lowest BCUT2D eigenvalue weighted by atomic mass is 10.2. The SMILES string of the molecule is NC(=O)c1ccc(OCC2CC2)c(Br)c1. The van der Waals surface area contributed by atoms with Gasteiger partial charge in [-0.25, -0.2) is 0 Å². The van der Waals surface area contributed by atoms with E-state index in [2.05, 4.69) is 15.9 Å². The monoisotopic (exact) mass is 269 g/mol. The molecule has 0 spiro atoms. The number of rotatable bonds is 4. The zero-order chi connectivity index (χ0) is 10.8. The fraction of sp³-hybridized carbons (Fsp3) is 0.364. The molecule has 1 aromatic rings. The van der Waals surface area contributed by atoms with Crippen LogP contribution in [0.15, 0.2) is 22.7 Å². The summed E-state index contributed by atoms with van der Waals surface area (Å²) in [4.78, 5) is 10.9. The summed E-state index contributed by atoms with van der Waals surface area (Å²) >= 11 is 3.35. The lowest BCUT2D eigenvalue weighted by Crippen LogP contribution is -2.11. The molecule has 2 N–H and O–H groups in total. The Morgan fingerprint density at radius 1 is 1.53 bits per heavy atom. The number of halogens is 1. The van der Waals surface area contributed by atoms with Crippen LogP contribution in [0.25, 0.3) is 0 Å². The van der Waals surface area contributed by atoms with Crippen LogP contribution in [0.3, 0.4) is 0 Å². The maximum absolute atomic E-state index is 10.9. The van der Waals surface area contributed by atoms with E-state index in [4.69, 9.17) is 10.5 Å². The molecule has 0 heterocycles. The molecule has 1 fully saturated rings. The van der Waals surface area contributed by atoms with Gasteiger partial charge in [0.25, 0.3) is 0 Å². The fourth-order valence-corrected chi connectivity index (χ4v) is 1.76. The molecular formula is C11H12BrNO2. The van der Waals surface area contributed by atoms with Gasteiger partial charge >= 0.3 is 0 Å². The molecule has 1 aliphatic rings. The van der Waals surface area contributed by atoms with Crippen LogP contribution in [0.4, 0.5) is 0 Å². The van der Waals surface area contributed by atoms with Crippen molar-refractivity contribution in [1.29, 1.82) is 0 Å². The van der Waals surface area contributed by atoms with Crippen LogP contribution in [-0.2, 0) is 0 Å². The Morgan fingerprint density at radius 2 is 2.27 bits per heavy atom. The second kappa shape index (κ2) is 4.23. The first-order valence-electron chi connectivity index (χ1n) is 4.89. The van der Waals surface area contributed by atoms with E-state index in [9.17, 15) is 4.79 Å². The molecule has 1 saturated carbocycles. The molecule has 3 nitrogen and oxygen atoms in total. The van der Waals surface area contributed by atoms with Gasteiger partial charge in [0, 0.05) is 5.56 Å². The van der Waals surface area contributed by atoms with E-state index < -0.39 is 5.91 Å². The first-order valence-corrected chi connectivity index (χ1v) is 5.68. The molecule has 0 radical (unpaired) electrons. The quantitative estimate of drug-likeness (QED) is 0.912. The molecule has 1 aromatic carbocycles. The van der Waals surface area contributed by atoms with Crippen molar-refractivity contribution in [2.75, 3.05) is 6.61 Å². The Labute approximate surface area is 96.7 Å². The first kappa shape index (κ1) is 10.5. The largest absolute Gasteiger partial charge is 0.492 e. The summed E-state index contributed by atoms with van der Waals surface area (Å²) in [5.74, 6) is 1.06. The van der Waals surface area contributed by atoms with E-state index >= 15 is 0 Å². The third-order valence-corrected chi connectivity index (χ3v) is 3.01. The van der Waals surface area contributed by atoms with Gasteiger partial charge in [0.05, 0.1) is 11.1 Å². The van der Waals surface area contributed by atoms with Crippen LogP contribution < -0.4 is 10.5 Å². The maximum Gasteiger partial charge on any atom is 0.248 e. The van der Waals surface area contributed by atoms with Crippen LogP contribution in [0.5, 0.6) is 5.75 Å². The van der Waals surface area contributed by atoms with E-state index in [0.29, 0.717) is 11.5 Å². The summed E-state index contributed by atoms with van der Waals surface area (Å²) in [6.45, 7) is 0.758. The van der Waals surface area contributed by atoms with Crippen molar-refractivity contribution < 1.29 is 9.53 Å². The van der Waals surface area contributed by atoms with Gasteiger partial charge in [0.15, 0.2) is 0 Å². The summed E-state index contributed by atoms with van der Waals surface area (Å²) in [5.41, 5.74) is 5.65. The number of ether oxygens (including phenoxy) is 1. The molecule has 0 bridgehead atoms. The molecule has 0 saturated heterocycles. The minimum Gasteiger partial charge on any atom is -0.492 e. The summed E-state index contributed by atoms with van der Waals surface area (Å²) < 4.78 is 6.37. The highest BCUT2D eigenvalue weighted by molar-refractivity contribution is 9.10. The van der Waals surface area contributed by atoms with Crippen LogP contribution >= 0.6 is 15.9 Å². The van der Waals surface area contributed by atoms with E-state index in [1.165, 1.54) is 12.8 Å². The van der Waals surface area contributed by atoms with Crippen molar-refractivity contribution in [3.8, 4) is 5.75 Å². The topological polar surface area (TPSA) is 52.3 Å². The van der Waals surface area contributed by atoms with Crippen LogP contribution in [0.2, 0.25) is 0 Å². The average Bonchev–Trinajstić information content (AvgIpc) is 2.99. The van der Waals surface area contributed by atoms with Crippen molar-refractivity contribution in [2.24, 2.45) is 11.7 Å². The zero-order valence-corrected chi connectivity index (χ0v) is 9.79. The molecule has 1 aliphatic carbocycles. The number of hydrogen-bond acceptors (Lipinski definition) is 2. The average molecular weight is 270 g/mol. The second-order valence-electron chi connectivity index (χ2n) is 3.76. The Hall–Kier alpha value is -1.03. The van der Waals surface area contributed by atoms with Crippen LogP contribution in [0, 0.1) is 5.92 Å². The van der Waals surface area contributed by atoms with Crippen molar-refractivity contribution in [1.82, 2.24) is 0 Å². The lowest BCUT2D eigenvalue weighted by molar-refractivity contribution is 0.1000. The summed E-state index contributed by atoms with van der Waals surface area (Å²) in [6, 6.07) is 5.13. The molecule has 80 valence electrons. The molecule has 2 rings (SSSR count). The van der Waals surface area contributed by atoms with E-state index in [0.717, 1.165) is 16.8 Å². The third kappa shape index (κ3) is 2.72. The minimum absolute atomic E-state index is 0.426. The number of benzene rings is 1. The van der Waals surface area contributed by atoms with E-state index in [1.54, 1.807) is 18.2 Å². The minimum atomic E-state index is -0.426. The Kier molecular flexibility index (Phi) is 2.95. The maximum atomic E-state index is 10.9. The summed E-state index contributed by atoms with van der Waals surface area (Å²) in [7, 11) is 0. The zero-order valence-electron chi connectivity index (χ0n) is 8.20. The molecular weight excluding hydrogens is 258 g/mol. The number of nitrogens with two attached hydrogens (primary N) is 1. The Bertz CT molecular complexity index is 388. The van der Waals surface area contributed by atoms with E-state index in [-0.39, 0.29) is 0 Å². The molecule has 0 aliphatic heterocycles. The van der Waals surface area contributed by atoms with Crippen LogP contribution in [0.1, 0.15) is 23.2 Å². The highest BCUT2D eigenvalue weighted by Gasteiger charge is 2.22. The lowest BCUT2D eigenvalue weighted by Gasteiger charge is -2.07. The van der Waals surface area contributed by atoms with Crippen molar-refractivity contribution in [3.63, 3.8) is 0 Å². The van der Waals surface area contributed by atoms with Crippen LogP contribution in [-0.4, -0.2) is 12.5 Å². The molecule has 0 unspecified atom stereocenters. The molecule has 0 aromatic heterocycles. The molecule has 15 heavy (non-hydrogen) atoms. The van der Waals surface area contributed by atoms with Gasteiger partial charge in [0.1, 0.15) is 5.75 Å². The van der Waals surface area contributed by atoms with Crippen molar-refractivity contribution >= 4 is 21.8 Å². The highest BCUT2D eigenvalue weighted by Crippen LogP contribution is 2.32. The number of carbonyl (C=O) groups is 1. The smallest absolute Gasteiger partial charge is 0.248 e. The Morgan fingerprint density at radius 3 is 2.80 bits per heavy atom. The standard InChI is InChI=1S/C11H12BrNO2/c12-9-5-8(11(13)14)3-4-10(9)15-6-7-1-2-7/h3-5,7H,1-2,6H2,(H2,13,14). The van der Waals surface area contributed by atoms with E-state index in [1.807, 2.05) is 0 Å². The first-order chi connectivity index (χ1) is 7.16. The summed E-state index contributed by atoms with van der Waals surface area (Å²) in [6.07, 6.45) is 2.52. The van der Waals surface area contributed by atoms with Gasteiger partial charge in [0.2, 0.25) is 5.91 Å². The van der Waals surface area contributed by atoms with Gasteiger partial charge < -0.3 is 10.5 Å². The number of amides is 1. The van der Waals surface area contributed by atoms with Crippen molar-refractivity contribution in [2.45, 2.75) is 12.8 Å². The van der Waals surface area contributed by atoms with Crippen molar-refractivity contribution in [3.05, 3.63) is 28.2 Å². The van der Waals surface area contributed by atoms with Gasteiger partial charge in [-0.3, -0.25) is 4.79 Å². The van der Waals surface area contributed by atoms with Gasteiger partial charge in [-0.2, -0.15) is 0 Å². The number of primary amides is 1. The predicted octanol–water partition coefficient (Wildman–Crippen LogP) is 2.34. The molecule has 0 atom stereocenters. The van der Waals surface area contributed by atoms with Gasteiger partial charge in [-0.1, -0.05) is 0 Å². The molecule has 1 amide bonds. The Balaban J connectivity index is 2.07. The fourth-order valence-electron chi connectivity index (χ4n) is 1.26. The molecule has 4 heteroatoms.